The van der Waals surface area contributed by atoms with E-state index in [-0.39, 0.29) is 24.2 Å². The summed E-state index contributed by atoms with van der Waals surface area (Å²) < 4.78 is 46.6. The third-order valence-electron chi connectivity index (χ3n) is 3.48. The molecule has 1 saturated heterocycles. The number of amides is 1. The van der Waals surface area contributed by atoms with Crippen molar-refractivity contribution in [1.29, 1.82) is 0 Å². The Morgan fingerprint density at radius 2 is 2.26 bits per heavy atom. The maximum Gasteiger partial charge on any atom is 0.471 e. The summed E-state index contributed by atoms with van der Waals surface area (Å²) in [6.07, 6.45) is 0.206. The van der Waals surface area contributed by atoms with Gasteiger partial charge >= 0.3 is 12.1 Å². The van der Waals surface area contributed by atoms with Crippen molar-refractivity contribution in [1.82, 2.24) is 15.0 Å². The summed E-state index contributed by atoms with van der Waals surface area (Å²) in [5.74, 6) is -1.46. The van der Waals surface area contributed by atoms with Crippen LogP contribution in [0, 0.1) is 0 Å². The van der Waals surface area contributed by atoms with Crippen molar-refractivity contribution in [2.75, 3.05) is 13.1 Å². The van der Waals surface area contributed by atoms with Crippen LogP contribution in [0.1, 0.15) is 29.8 Å². The van der Waals surface area contributed by atoms with E-state index in [1.54, 1.807) is 12.1 Å². The van der Waals surface area contributed by atoms with Crippen LogP contribution in [0.4, 0.5) is 13.2 Å². The molecule has 0 bridgehead atoms. The smallest absolute Gasteiger partial charge is 0.465 e. The molecular formula is C14H12F3N3O3. The number of carbonyl (C=O) groups is 1. The van der Waals surface area contributed by atoms with E-state index in [0.717, 1.165) is 0 Å². The zero-order valence-electron chi connectivity index (χ0n) is 11.8. The molecule has 2 aromatic heterocycles. The molecule has 122 valence electrons. The van der Waals surface area contributed by atoms with Gasteiger partial charge in [-0.05, 0) is 24.6 Å². The van der Waals surface area contributed by atoms with Crippen LogP contribution in [-0.2, 0) is 11.0 Å². The molecule has 9 heteroatoms. The van der Waals surface area contributed by atoms with Crippen LogP contribution in [0.25, 0.3) is 6.08 Å². The Bertz CT molecular complexity index is 706. The fourth-order valence-electron chi connectivity index (χ4n) is 2.33. The van der Waals surface area contributed by atoms with Crippen LogP contribution >= 0.6 is 0 Å². The van der Waals surface area contributed by atoms with Gasteiger partial charge in [-0.3, -0.25) is 4.79 Å². The van der Waals surface area contributed by atoms with Crippen LogP contribution < -0.4 is 0 Å². The molecule has 2 aromatic rings. The molecule has 1 unspecified atom stereocenters. The number of hydrogen-bond donors (Lipinski definition) is 0. The van der Waals surface area contributed by atoms with Gasteiger partial charge < -0.3 is 13.8 Å². The second-order valence-electron chi connectivity index (χ2n) is 5.07. The normalized spacial score (nSPS) is 18.9. The number of halogens is 3. The molecule has 3 heterocycles. The molecule has 0 saturated carbocycles. The monoisotopic (exact) mass is 327 g/mol. The summed E-state index contributed by atoms with van der Waals surface area (Å²) in [4.78, 5) is 16.9. The summed E-state index contributed by atoms with van der Waals surface area (Å²) in [5.41, 5.74) is 0. The van der Waals surface area contributed by atoms with Gasteiger partial charge in [-0.25, -0.2) is 0 Å². The number of aromatic nitrogens is 2. The topological polar surface area (TPSA) is 72.4 Å². The molecule has 0 radical (unpaired) electrons. The van der Waals surface area contributed by atoms with E-state index in [2.05, 4.69) is 14.7 Å². The van der Waals surface area contributed by atoms with Crippen molar-refractivity contribution in [3.05, 3.63) is 41.9 Å². The first kappa shape index (κ1) is 15.3. The average molecular weight is 327 g/mol. The highest BCUT2D eigenvalue weighted by Crippen LogP contribution is 2.31. The molecule has 0 aromatic carbocycles. The van der Waals surface area contributed by atoms with Crippen molar-refractivity contribution in [2.45, 2.75) is 18.5 Å². The first-order valence-electron chi connectivity index (χ1n) is 6.85. The van der Waals surface area contributed by atoms with Crippen LogP contribution in [0.15, 0.2) is 33.4 Å². The second-order valence-corrected chi connectivity index (χ2v) is 5.07. The zero-order chi connectivity index (χ0) is 16.4. The van der Waals surface area contributed by atoms with E-state index in [1.165, 1.54) is 23.3 Å². The fraction of sp³-hybridized carbons (Fsp3) is 0.357. The molecule has 6 nitrogen and oxygen atoms in total. The minimum atomic E-state index is -4.66. The third-order valence-corrected chi connectivity index (χ3v) is 3.48. The lowest BCUT2D eigenvalue weighted by Gasteiger charge is -2.12. The summed E-state index contributed by atoms with van der Waals surface area (Å²) in [6, 6.07) is 3.40. The fourth-order valence-corrected chi connectivity index (χ4v) is 2.33. The average Bonchev–Trinajstić information content (AvgIpc) is 3.22. The summed E-state index contributed by atoms with van der Waals surface area (Å²) in [7, 11) is 0. The van der Waals surface area contributed by atoms with E-state index in [0.29, 0.717) is 18.7 Å². The first-order chi connectivity index (χ1) is 10.9. The van der Waals surface area contributed by atoms with E-state index in [4.69, 9.17) is 4.42 Å². The Morgan fingerprint density at radius 3 is 2.91 bits per heavy atom. The third kappa shape index (κ3) is 3.43. The summed E-state index contributed by atoms with van der Waals surface area (Å²) in [5, 5.41) is 3.37. The molecular weight excluding hydrogens is 315 g/mol. The van der Waals surface area contributed by atoms with Crippen molar-refractivity contribution in [3.63, 3.8) is 0 Å². The minimum absolute atomic E-state index is 0.0253. The van der Waals surface area contributed by atoms with Gasteiger partial charge in [-0.2, -0.15) is 18.2 Å². The van der Waals surface area contributed by atoms with Crippen LogP contribution in [0.3, 0.4) is 0 Å². The lowest BCUT2D eigenvalue weighted by atomic mass is 10.1. The largest absolute Gasteiger partial charge is 0.471 e. The molecule has 0 aliphatic carbocycles. The van der Waals surface area contributed by atoms with Crippen LogP contribution in [-0.4, -0.2) is 34.0 Å². The number of carbonyl (C=O) groups excluding carboxylic acids is 1. The lowest BCUT2D eigenvalue weighted by Crippen LogP contribution is -2.26. The molecule has 0 N–H and O–H groups in total. The van der Waals surface area contributed by atoms with Crippen LogP contribution in [0.5, 0.6) is 0 Å². The van der Waals surface area contributed by atoms with E-state index < -0.39 is 12.1 Å². The van der Waals surface area contributed by atoms with Gasteiger partial charge in [-0.15, -0.1) is 0 Å². The molecule has 1 fully saturated rings. The van der Waals surface area contributed by atoms with Gasteiger partial charge in [0.25, 0.3) is 0 Å². The summed E-state index contributed by atoms with van der Waals surface area (Å²) in [6.45, 7) is 0.667. The molecule has 0 spiro atoms. The van der Waals surface area contributed by atoms with Crippen LogP contribution in [0.2, 0.25) is 0 Å². The maximum atomic E-state index is 12.4. The minimum Gasteiger partial charge on any atom is -0.465 e. The maximum absolute atomic E-state index is 12.4. The van der Waals surface area contributed by atoms with Gasteiger partial charge in [-0.1, -0.05) is 5.16 Å². The number of furan rings is 1. The molecule has 1 aliphatic rings. The van der Waals surface area contributed by atoms with E-state index in [9.17, 15) is 18.0 Å². The predicted octanol–water partition coefficient (Wildman–Crippen LogP) is 2.71. The standard InChI is InChI=1S/C14H12F3N3O3/c15-14(16,17)13-18-12(19-23-13)9-5-6-20(8-9)11(21)4-3-10-2-1-7-22-10/h1-4,7,9H,5-6,8H2. The SMILES string of the molecule is O=C(C=Cc1ccco1)N1CCC(c2noc(C(F)(F)F)n2)C1. The Hall–Kier alpha value is -2.58. The quantitative estimate of drug-likeness (QED) is 0.811. The number of hydrogen-bond acceptors (Lipinski definition) is 5. The Kier molecular flexibility index (Phi) is 3.93. The molecule has 1 aliphatic heterocycles. The Labute approximate surface area is 128 Å². The zero-order valence-corrected chi connectivity index (χ0v) is 11.8. The van der Waals surface area contributed by atoms with Gasteiger partial charge in [0, 0.05) is 25.1 Å². The molecule has 1 atom stereocenters. The van der Waals surface area contributed by atoms with E-state index >= 15 is 0 Å². The first-order valence-corrected chi connectivity index (χ1v) is 6.85. The molecule has 1 amide bonds. The molecule has 3 rings (SSSR count). The highest BCUT2D eigenvalue weighted by Gasteiger charge is 2.40. The number of rotatable bonds is 3. The van der Waals surface area contributed by atoms with Gasteiger partial charge in [0.1, 0.15) is 5.76 Å². The number of nitrogens with zero attached hydrogens (tertiary/aromatic N) is 3. The van der Waals surface area contributed by atoms with Gasteiger partial charge in [0.2, 0.25) is 5.91 Å². The Morgan fingerprint density at radius 1 is 1.43 bits per heavy atom. The van der Waals surface area contributed by atoms with Crippen molar-refractivity contribution >= 4 is 12.0 Å². The lowest BCUT2D eigenvalue weighted by molar-refractivity contribution is -0.159. The Balaban J connectivity index is 1.62. The highest BCUT2D eigenvalue weighted by atomic mass is 19.4. The van der Waals surface area contributed by atoms with Crippen molar-refractivity contribution < 1.29 is 26.9 Å². The molecule has 23 heavy (non-hydrogen) atoms. The van der Waals surface area contributed by atoms with Gasteiger partial charge in [0.15, 0.2) is 5.82 Å². The predicted molar refractivity (Wildman–Crippen MR) is 71.0 cm³/mol. The highest BCUT2D eigenvalue weighted by molar-refractivity contribution is 5.91. The van der Waals surface area contributed by atoms with E-state index in [1.807, 2.05) is 0 Å². The second kappa shape index (κ2) is 5.90. The van der Waals surface area contributed by atoms with Gasteiger partial charge in [0.05, 0.1) is 6.26 Å². The summed E-state index contributed by atoms with van der Waals surface area (Å²) >= 11 is 0. The van der Waals surface area contributed by atoms with Crippen molar-refractivity contribution in [3.8, 4) is 0 Å². The number of likely N-dealkylation sites (tertiary alicyclic amines) is 1. The van der Waals surface area contributed by atoms with Crippen molar-refractivity contribution in [2.24, 2.45) is 0 Å². The number of alkyl halides is 3.